The number of hydrogen-bond acceptors (Lipinski definition) is 4. The monoisotopic (exact) mass is 296 g/mol. The molecule has 0 aliphatic rings. The molecule has 0 saturated heterocycles. The molecule has 1 unspecified atom stereocenters. The quantitative estimate of drug-likeness (QED) is 0.580. The molecule has 4 N–H and O–H groups in total. The highest BCUT2D eigenvalue weighted by molar-refractivity contribution is 5.92. The first-order chi connectivity index (χ1) is 10.1. The second-order valence-electron chi connectivity index (χ2n) is 4.37. The van der Waals surface area contributed by atoms with Crippen LogP contribution < -0.4 is 15.4 Å². The van der Waals surface area contributed by atoms with Gasteiger partial charge in [0.1, 0.15) is 11.8 Å². The van der Waals surface area contributed by atoms with Crippen molar-refractivity contribution in [3.8, 4) is 5.75 Å². The summed E-state index contributed by atoms with van der Waals surface area (Å²) in [5, 5.41) is 22.4. The number of carboxylic acid groups (broad SMARTS) is 1. The average Bonchev–Trinajstić information content (AvgIpc) is 2.46. The highest BCUT2D eigenvalue weighted by Gasteiger charge is 2.19. The van der Waals surface area contributed by atoms with Crippen LogP contribution in [-0.2, 0) is 4.79 Å². The van der Waals surface area contributed by atoms with Gasteiger partial charge < -0.3 is 25.6 Å². The summed E-state index contributed by atoms with van der Waals surface area (Å²) in [7, 11) is 0. The number of rotatable bonds is 8. The predicted octanol–water partition coefficient (Wildman–Crippen LogP) is 1.43. The van der Waals surface area contributed by atoms with Gasteiger partial charge in [-0.1, -0.05) is 6.92 Å². The van der Waals surface area contributed by atoms with Gasteiger partial charge in [-0.05, 0) is 30.7 Å². The molecule has 7 heteroatoms. The number of carbonyl (C=O) groups excluding carboxylic acids is 1. The molecule has 0 aromatic heterocycles. The van der Waals surface area contributed by atoms with E-state index in [9.17, 15) is 9.59 Å². The number of amides is 2. The number of hydrogen-bond donors (Lipinski definition) is 4. The van der Waals surface area contributed by atoms with Crippen LogP contribution in [0.5, 0.6) is 5.75 Å². The highest BCUT2D eigenvalue weighted by Crippen LogP contribution is 2.15. The fourth-order valence-corrected chi connectivity index (χ4v) is 1.57. The summed E-state index contributed by atoms with van der Waals surface area (Å²) in [6, 6.07) is 4.99. The number of ether oxygens (including phenoxy) is 1. The van der Waals surface area contributed by atoms with Crippen molar-refractivity contribution in [3.63, 3.8) is 0 Å². The highest BCUT2D eigenvalue weighted by atomic mass is 16.5. The normalized spacial score (nSPS) is 11.5. The van der Waals surface area contributed by atoms with Gasteiger partial charge in [0.15, 0.2) is 0 Å². The summed E-state index contributed by atoms with van der Waals surface area (Å²) in [4.78, 5) is 22.5. The van der Waals surface area contributed by atoms with E-state index in [1.807, 2.05) is 6.92 Å². The molecule has 21 heavy (non-hydrogen) atoms. The molecule has 0 spiro atoms. The van der Waals surface area contributed by atoms with E-state index in [4.69, 9.17) is 14.9 Å². The molecule has 0 aliphatic heterocycles. The number of aliphatic hydroxyl groups excluding tert-OH is 1. The summed E-state index contributed by atoms with van der Waals surface area (Å²) >= 11 is 0. The van der Waals surface area contributed by atoms with E-state index in [1.165, 1.54) is 0 Å². The first-order valence-corrected chi connectivity index (χ1v) is 6.70. The van der Waals surface area contributed by atoms with Crippen molar-refractivity contribution in [2.75, 3.05) is 18.5 Å². The van der Waals surface area contributed by atoms with E-state index in [2.05, 4.69) is 10.6 Å². The maximum Gasteiger partial charge on any atom is 0.326 e. The van der Waals surface area contributed by atoms with Gasteiger partial charge in [-0.25, -0.2) is 9.59 Å². The van der Waals surface area contributed by atoms with Crippen molar-refractivity contribution in [2.45, 2.75) is 25.8 Å². The number of aliphatic carboxylic acids is 1. The van der Waals surface area contributed by atoms with Crippen LogP contribution in [0.25, 0.3) is 0 Å². The van der Waals surface area contributed by atoms with Crippen molar-refractivity contribution in [1.82, 2.24) is 5.32 Å². The van der Waals surface area contributed by atoms with E-state index in [1.54, 1.807) is 24.3 Å². The number of benzene rings is 1. The van der Waals surface area contributed by atoms with Crippen molar-refractivity contribution in [3.05, 3.63) is 24.3 Å². The minimum Gasteiger partial charge on any atom is -0.494 e. The first kappa shape index (κ1) is 16.8. The summed E-state index contributed by atoms with van der Waals surface area (Å²) in [5.74, 6) is -0.492. The zero-order valence-electron chi connectivity index (χ0n) is 11.8. The van der Waals surface area contributed by atoms with E-state index in [-0.39, 0.29) is 13.0 Å². The van der Waals surface area contributed by atoms with E-state index in [0.29, 0.717) is 18.0 Å². The van der Waals surface area contributed by atoms with E-state index in [0.717, 1.165) is 6.42 Å². The third-order valence-electron chi connectivity index (χ3n) is 2.61. The van der Waals surface area contributed by atoms with Crippen LogP contribution in [0.2, 0.25) is 0 Å². The Balaban J connectivity index is 2.52. The van der Waals surface area contributed by atoms with Crippen LogP contribution >= 0.6 is 0 Å². The lowest BCUT2D eigenvalue weighted by molar-refractivity contribution is -0.139. The molecule has 1 rings (SSSR count). The van der Waals surface area contributed by atoms with Crippen LogP contribution in [0.3, 0.4) is 0 Å². The molecule has 1 aromatic rings. The van der Waals surface area contributed by atoms with Gasteiger partial charge in [-0.3, -0.25) is 0 Å². The second kappa shape index (κ2) is 8.80. The summed E-state index contributed by atoms with van der Waals surface area (Å²) in [5.41, 5.74) is 0.518. The van der Waals surface area contributed by atoms with Crippen LogP contribution in [-0.4, -0.2) is 41.5 Å². The topological polar surface area (TPSA) is 108 Å². The molecule has 116 valence electrons. The number of aliphatic hydroxyl groups is 1. The lowest BCUT2D eigenvalue weighted by atomic mass is 10.2. The van der Waals surface area contributed by atoms with Crippen LogP contribution in [0.1, 0.15) is 19.8 Å². The largest absolute Gasteiger partial charge is 0.494 e. The van der Waals surface area contributed by atoms with Crippen LogP contribution in [0, 0.1) is 0 Å². The molecule has 1 atom stereocenters. The Bertz CT molecular complexity index is 461. The molecule has 1 aromatic carbocycles. The third-order valence-corrected chi connectivity index (χ3v) is 2.61. The number of nitrogens with one attached hydrogen (secondary N) is 2. The predicted molar refractivity (Wildman–Crippen MR) is 77.5 cm³/mol. The van der Waals surface area contributed by atoms with Gasteiger partial charge in [0, 0.05) is 18.7 Å². The number of anilines is 1. The Morgan fingerprint density at radius 1 is 1.29 bits per heavy atom. The van der Waals surface area contributed by atoms with Crippen molar-refractivity contribution in [2.24, 2.45) is 0 Å². The van der Waals surface area contributed by atoms with Gasteiger partial charge in [0.2, 0.25) is 0 Å². The van der Waals surface area contributed by atoms with Crippen LogP contribution in [0.15, 0.2) is 24.3 Å². The van der Waals surface area contributed by atoms with Crippen LogP contribution in [0.4, 0.5) is 10.5 Å². The summed E-state index contributed by atoms with van der Waals surface area (Å²) < 4.78 is 5.41. The Morgan fingerprint density at radius 3 is 2.48 bits per heavy atom. The minimum atomic E-state index is -1.19. The Morgan fingerprint density at radius 2 is 1.95 bits per heavy atom. The van der Waals surface area contributed by atoms with Crippen molar-refractivity contribution in [1.29, 1.82) is 0 Å². The molecule has 2 amide bonds. The number of carboxylic acids is 1. The van der Waals surface area contributed by atoms with Crippen molar-refractivity contribution < 1.29 is 24.5 Å². The van der Waals surface area contributed by atoms with Crippen molar-refractivity contribution >= 4 is 17.7 Å². The molecule has 0 heterocycles. The molecule has 0 fully saturated rings. The lowest BCUT2D eigenvalue weighted by Gasteiger charge is -2.14. The van der Waals surface area contributed by atoms with E-state index < -0.39 is 18.0 Å². The molecular weight excluding hydrogens is 276 g/mol. The smallest absolute Gasteiger partial charge is 0.326 e. The minimum absolute atomic E-state index is 0.0491. The fourth-order valence-electron chi connectivity index (χ4n) is 1.57. The van der Waals surface area contributed by atoms with Gasteiger partial charge in [0.05, 0.1) is 6.61 Å². The first-order valence-electron chi connectivity index (χ1n) is 6.70. The molecule has 0 bridgehead atoms. The number of urea groups is 1. The molecule has 7 nitrogen and oxygen atoms in total. The van der Waals surface area contributed by atoms with Gasteiger partial charge in [0.25, 0.3) is 0 Å². The molecule has 0 saturated carbocycles. The zero-order valence-corrected chi connectivity index (χ0v) is 11.8. The lowest BCUT2D eigenvalue weighted by Crippen LogP contribution is -2.43. The Hall–Kier alpha value is -2.28. The Kier molecular flexibility index (Phi) is 7.03. The fraction of sp³-hybridized carbons (Fsp3) is 0.429. The molecular formula is C14H20N2O5. The Labute approximate surface area is 122 Å². The molecule has 0 aliphatic carbocycles. The standard InChI is InChI=1S/C14H20N2O5/c1-2-9-21-11-5-3-10(4-6-11)15-14(20)16-12(7-8-17)13(18)19/h3-6,12,17H,2,7-9H2,1H3,(H,18,19)(H2,15,16,20). The van der Waals surface area contributed by atoms with Gasteiger partial charge in [-0.15, -0.1) is 0 Å². The van der Waals surface area contributed by atoms with Gasteiger partial charge in [-0.2, -0.15) is 0 Å². The average molecular weight is 296 g/mol. The zero-order chi connectivity index (χ0) is 15.7. The maximum absolute atomic E-state index is 11.7. The summed E-state index contributed by atoms with van der Waals surface area (Å²) in [6.45, 7) is 2.31. The van der Waals surface area contributed by atoms with E-state index >= 15 is 0 Å². The second-order valence-corrected chi connectivity index (χ2v) is 4.37. The number of carbonyl (C=O) groups is 2. The van der Waals surface area contributed by atoms with Gasteiger partial charge >= 0.3 is 12.0 Å². The maximum atomic E-state index is 11.7. The molecule has 0 radical (unpaired) electrons. The summed E-state index contributed by atoms with van der Waals surface area (Å²) in [6.07, 6.45) is 0.858. The SMILES string of the molecule is CCCOc1ccc(NC(=O)NC(CCO)C(=O)O)cc1. The third kappa shape index (κ3) is 6.13.